The molecule has 0 bridgehead atoms. The molecule has 2 heterocycles. The Kier molecular flexibility index (Phi) is 4.69. The predicted molar refractivity (Wildman–Crippen MR) is 77.7 cm³/mol. The molecule has 21 heavy (non-hydrogen) atoms. The number of nitrogens with zero attached hydrogens (tertiary/aromatic N) is 5. The van der Waals surface area contributed by atoms with Crippen molar-refractivity contribution in [2.75, 3.05) is 25.6 Å². The molecule has 0 radical (unpaired) electrons. The van der Waals surface area contributed by atoms with E-state index in [0.717, 1.165) is 0 Å². The van der Waals surface area contributed by atoms with Crippen molar-refractivity contribution >= 4 is 5.95 Å². The molecule has 0 aromatic carbocycles. The average Bonchev–Trinajstić information content (AvgIpc) is 2.96. The quantitative estimate of drug-likeness (QED) is 0.803. The third kappa shape index (κ3) is 4.67. The van der Waals surface area contributed by atoms with Crippen LogP contribution in [0.1, 0.15) is 20.8 Å². The number of hydrogen-bond acceptors (Lipinski definition) is 7. The molecule has 0 fully saturated rings. The molecule has 0 atom stereocenters. The molecule has 114 valence electrons. The first-order valence-corrected chi connectivity index (χ1v) is 6.67. The SMILES string of the molecule is CNc1nc(OCCOC(C)(C)C)nc(-n2ccnc2)n1. The highest BCUT2D eigenvalue weighted by molar-refractivity contribution is 5.29. The van der Waals surface area contributed by atoms with Crippen LogP contribution in [-0.4, -0.2) is 50.4 Å². The number of hydrogen-bond donors (Lipinski definition) is 1. The Labute approximate surface area is 123 Å². The van der Waals surface area contributed by atoms with Gasteiger partial charge in [0, 0.05) is 19.4 Å². The number of anilines is 1. The van der Waals surface area contributed by atoms with Crippen LogP contribution in [-0.2, 0) is 4.74 Å². The number of rotatable bonds is 6. The van der Waals surface area contributed by atoms with Crippen molar-refractivity contribution in [1.82, 2.24) is 24.5 Å². The summed E-state index contributed by atoms with van der Waals surface area (Å²) in [6, 6.07) is 0.246. The molecule has 8 nitrogen and oxygen atoms in total. The van der Waals surface area contributed by atoms with Crippen LogP contribution in [0.25, 0.3) is 5.95 Å². The Balaban J connectivity index is 2.04. The van der Waals surface area contributed by atoms with Gasteiger partial charge in [-0.3, -0.25) is 4.57 Å². The van der Waals surface area contributed by atoms with Gasteiger partial charge in [0.1, 0.15) is 12.9 Å². The van der Waals surface area contributed by atoms with Crippen LogP contribution in [0.15, 0.2) is 18.7 Å². The second kappa shape index (κ2) is 6.49. The van der Waals surface area contributed by atoms with Crippen molar-refractivity contribution < 1.29 is 9.47 Å². The lowest BCUT2D eigenvalue weighted by atomic mass is 10.2. The highest BCUT2D eigenvalue weighted by Gasteiger charge is 2.11. The third-order valence-electron chi connectivity index (χ3n) is 2.41. The molecule has 0 amide bonds. The molecule has 0 aliphatic heterocycles. The Morgan fingerprint density at radius 2 is 2.00 bits per heavy atom. The van der Waals surface area contributed by atoms with Crippen LogP contribution >= 0.6 is 0 Å². The number of nitrogens with one attached hydrogen (secondary N) is 1. The molecule has 0 spiro atoms. The highest BCUT2D eigenvalue weighted by Crippen LogP contribution is 2.11. The number of aromatic nitrogens is 5. The van der Waals surface area contributed by atoms with Crippen molar-refractivity contribution in [3.05, 3.63) is 18.7 Å². The lowest BCUT2D eigenvalue weighted by Gasteiger charge is -2.19. The number of imidazole rings is 1. The molecular formula is C13H20N6O2. The van der Waals surface area contributed by atoms with Crippen molar-refractivity contribution in [3.63, 3.8) is 0 Å². The Bertz CT molecular complexity index is 565. The predicted octanol–water partition coefficient (Wildman–Crippen LogP) is 1.29. The van der Waals surface area contributed by atoms with Gasteiger partial charge in [0.2, 0.25) is 11.9 Å². The molecule has 0 unspecified atom stereocenters. The summed E-state index contributed by atoms with van der Waals surface area (Å²) in [5.74, 6) is 0.874. The average molecular weight is 292 g/mol. The van der Waals surface area contributed by atoms with E-state index in [1.807, 2.05) is 20.8 Å². The van der Waals surface area contributed by atoms with Gasteiger partial charge < -0.3 is 14.8 Å². The lowest BCUT2D eigenvalue weighted by molar-refractivity contribution is -0.0173. The molecule has 0 saturated heterocycles. The smallest absolute Gasteiger partial charge is 0.323 e. The molecule has 1 N–H and O–H groups in total. The Hall–Kier alpha value is -2.22. The van der Waals surface area contributed by atoms with Gasteiger partial charge in [0.15, 0.2) is 0 Å². The minimum absolute atomic E-state index is 0.194. The summed E-state index contributed by atoms with van der Waals surface area (Å²) >= 11 is 0. The summed E-state index contributed by atoms with van der Waals surface area (Å²) in [4.78, 5) is 16.6. The van der Waals surface area contributed by atoms with Gasteiger partial charge in [-0.2, -0.15) is 15.0 Å². The molecule has 0 saturated carbocycles. The van der Waals surface area contributed by atoms with Gasteiger partial charge in [-0.05, 0) is 20.8 Å². The van der Waals surface area contributed by atoms with Gasteiger partial charge in [-0.15, -0.1) is 0 Å². The first-order valence-electron chi connectivity index (χ1n) is 6.67. The minimum Gasteiger partial charge on any atom is -0.461 e. The highest BCUT2D eigenvalue weighted by atomic mass is 16.5. The molecule has 2 aromatic rings. The first kappa shape index (κ1) is 15.2. The van der Waals surface area contributed by atoms with Crippen LogP contribution in [0.3, 0.4) is 0 Å². The summed E-state index contributed by atoms with van der Waals surface area (Å²) in [5, 5.41) is 2.88. The van der Waals surface area contributed by atoms with Crippen molar-refractivity contribution in [3.8, 4) is 12.0 Å². The molecular weight excluding hydrogens is 272 g/mol. The van der Waals surface area contributed by atoms with Gasteiger partial charge in [0.25, 0.3) is 0 Å². The van der Waals surface area contributed by atoms with Gasteiger partial charge in [0.05, 0.1) is 12.2 Å². The van der Waals surface area contributed by atoms with E-state index in [1.165, 1.54) is 0 Å². The first-order chi connectivity index (χ1) is 9.98. The monoisotopic (exact) mass is 292 g/mol. The van der Waals surface area contributed by atoms with Crippen LogP contribution in [0, 0.1) is 0 Å². The van der Waals surface area contributed by atoms with Crippen LogP contribution in [0.4, 0.5) is 5.95 Å². The van der Waals surface area contributed by atoms with Crippen LogP contribution in [0.2, 0.25) is 0 Å². The zero-order chi connectivity index (χ0) is 15.3. The second-order valence-electron chi connectivity index (χ2n) is 5.27. The van der Waals surface area contributed by atoms with E-state index in [-0.39, 0.29) is 11.6 Å². The van der Waals surface area contributed by atoms with E-state index >= 15 is 0 Å². The van der Waals surface area contributed by atoms with Crippen molar-refractivity contribution in [2.45, 2.75) is 26.4 Å². The molecule has 2 rings (SSSR count). The fourth-order valence-corrected chi connectivity index (χ4v) is 1.50. The van der Waals surface area contributed by atoms with E-state index in [2.05, 4.69) is 25.3 Å². The maximum atomic E-state index is 5.58. The third-order valence-corrected chi connectivity index (χ3v) is 2.41. The zero-order valence-electron chi connectivity index (χ0n) is 12.7. The van der Waals surface area contributed by atoms with E-state index < -0.39 is 0 Å². The standard InChI is InChI=1S/C13H20N6O2/c1-13(2,3)21-8-7-20-12-17-10(14-4)16-11(18-12)19-6-5-15-9-19/h5-6,9H,7-8H2,1-4H3,(H,14,16,17,18). The van der Waals surface area contributed by atoms with E-state index in [1.54, 1.807) is 30.3 Å². The molecule has 2 aromatic heterocycles. The normalized spacial score (nSPS) is 11.4. The largest absolute Gasteiger partial charge is 0.461 e. The van der Waals surface area contributed by atoms with E-state index in [4.69, 9.17) is 9.47 Å². The summed E-state index contributed by atoms with van der Waals surface area (Å²) in [5.41, 5.74) is -0.194. The summed E-state index contributed by atoms with van der Waals surface area (Å²) in [7, 11) is 1.74. The van der Waals surface area contributed by atoms with Gasteiger partial charge in [-0.25, -0.2) is 4.98 Å². The maximum Gasteiger partial charge on any atom is 0.323 e. The zero-order valence-corrected chi connectivity index (χ0v) is 12.7. The van der Waals surface area contributed by atoms with Crippen LogP contribution in [0.5, 0.6) is 6.01 Å². The van der Waals surface area contributed by atoms with Crippen molar-refractivity contribution in [1.29, 1.82) is 0 Å². The van der Waals surface area contributed by atoms with E-state index in [0.29, 0.717) is 25.1 Å². The summed E-state index contributed by atoms with van der Waals surface area (Å²) in [6.07, 6.45) is 5.02. The van der Waals surface area contributed by atoms with Gasteiger partial charge in [-0.1, -0.05) is 0 Å². The fourth-order valence-electron chi connectivity index (χ4n) is 1.50. The van der Waals surface area contributed by atoms with Crippen LogP contribution < -0.4 is 10.1 Å². The topological polar surface area (TPSA) is 87.0 Å². The Morgan fingerprint density at radius 1 is 1.19 bits per heavy atom. The molecule has 8 heteroatoms. The minimum atomic E-state index is -0.194. The fraction of sp³-hybridized carbons (Fsp3) is 0.538. The molecule has 0 aliphatic rings. The van der Waals surface area contributed by atoms with E-state index in [9.17, 15) is 0 Å². The van der Waals surface area contributed by atoms with Gasteiger partial charge >= 0.3 is 6.01 Å². The summed E-state index contributed by atoms with van der Waals surface area (Å²) < 4.78 is 12.8. The second-order valence-corrected chi connectivity index (χ2v) is 5.27. The summed E-state index contributed by atoms with van der Waals surface area (Å²) in [6.45, 7) is 6.81. The maximum absolute atomic E-state index is 5.58. The molecule has 0 aliphatic carbocycles. The number of ether oxygens (including phenoxy) is 2. The van der Waals surface area contributed by atoms with Crippen molar-refractivity contribution in [2.24, 2.45) is 0 Å². The Morgan fingerprint density at radius 3 is 2.62 bits per heavy atom. The lowest BCUT2D eigenvalue weighted by Crippen LogP contribution is -2.23.